The van der Waals surface area contributed by atoms with E-state index in [1.54, 1.807) is 6.07 Å². The van der Waals surface area contributed by atoms with Gasteiger partial charge in [-0.2, -0.15) is 0 Å². The van der Waals surface area contributed by atoms with E-state index in [1.165, 1.54) is 30.9 Å². The molecule has 6 nitrogen and oxygen atoms in total. The molecule has 0 aliphatic heterocycles. The number of amides is 2. The zero-order valence-corrected chi connectivity index (χ0v) is 32.3. The number of hydrogen-bond acceptors (Lipinski definition) is 4. The second kappa shape index (κ2) is 14.9. The largest absolute Gasteiger partial charge is 0.393 e. The molecule has 5 saturated carbocycles. The van der Waals surface area contributed by atoms with Crippen molar-refractivity contribution in [3.05, 3.63) is 112 Å². The van der Waals surface area contributed by atoms with Crippen LogP contribution >= 0.6 is 0 Å². The molecular formula is C47H56F2N2O4. The molecule has 0 aromatic heterocycles. The first-order valence-corrected chi connectivity index (χ1v) is 20.6. The molecule has 0 saturated heterocycles. The van der Waals surface area contributed by atoms with Crippen LogP contribution in [0.2, 0.25) is 0 Å². The van der Waals surface area contributed by atoms with Gasteiger partial charge in [-0.25, -0.2) is 13.6 Å². The molecule has 4 atom stereocenters. The van der Waals surface area contributed by atoms with E-state index in [0.717, 1.165) is 54.6 Å². The van der Waals surface area contributed by atoms with E-state index < -0.39 is 34.5 Å². The van der Waals surface area contributed by atoms with Crippen LogP contribution in [0.15, 0.2) is 78.4 Å². The third kappa shape index (κ3) is 7.53. The number of nitrogens with one attached hydrogen (secondary N) is 1. The van der Waals surface area contributed by atoms with Crippen LogP contribution < -0.4 is 5.32 Å². The fraction of sp³-hybridized carbons (Fsp3) is 0.532. The summed E-state index contributed by atoms with van der Waals surface area (Å²) in [7, 11) is 0. The zero-order valence-electron chi connectivity index (χ0n) is 32.3. The lowest BCUT2D eigenvalue weighted by atomic mass is 9.49. The minimum Gasteiger partial charge on any atom is -0.393 e. The highest BCUT2D eigenvalue weighted by Crippen LogP contribution is 2.62. The van der Waals surface area contributed by atoms with Gasteiger partial charge >= 0.3 is 6.03 Å². The Kier molecular flexibility index (Phi) is 10.3. The van der Waals surface area contributed by atoms with Gasteiger partial charge in [0.1, 0.15) is 0 Å². The number of ketones is 1. The average molecular weight is 751 g/mol. The molecule has 3 N–H and O–H groups in total. The molecule has 0 spiro atoms. The number of halogens is 2. The van der Waals surface area contributed by atoms with Crippen molar-refractivity contribution >= 4 is 17.5 Å². The van der Waals surface area contributed by atoms with Crippen LogP contribution in [0.1, 0.15) is 124 Å². The number of fused-ring (bicyclic) bond motifs is 8. The van der Waals surface area contributed by atoms with E-state index in [-0.39, 0.29) is 29.5 Å². The Labute approximate surface area is 324 Å². The monoisotopic (exact) mass is 750 g/mol. The number of carbonyl (C=O) groups is 2. The topological polar surface area (TPSA) is 89.9 Å². The van der Waals surface area contributed by atoms with E-state index in [0.29, 0.717) is 68.4 Å². The van der Waals surface area contributed by atoms with Crippen molar-refractivity contribution in [1.29, 1.82) is 0 Å². The molecule has 0 radical (unpaired) electrons. The van der Waals surface area contributed by atoms with Gasteiger partial charge < -0.3 is 20.4 Å². The fourth-order valence-corrected chi connectivity index (χ4v) is 12.1. The Morgan fingerprint density at radius 1 is 0.873 bits per heavy atom. The Morgan fingerprint density at radius 3 is 2.27 bits per heavy atom. The Bertz CT molecular complexity index is 1930. The van der Waals surface area contributed by atoms with Gasteiger partial charge in [-0.15, -0.1) is 0 Å². The van der Waals surface area contributed by atoms with Gasteiger partial charge in [-0.3, -0.25) is 4.79 Å². The van der Waals surface area contributed by atoms with Crippen LogP contribution in [-0.2, 0) is 6.42 Å². The minimum absolute atomic E-state index is 0.0472. The lowest BCUT2D eigenvalue weighted by Crippen LogP contribution is -2.58. The maximum Gasteiger partial charge on any atom is 0.321 e. The van der Waals surface area contributed by atoms with Gasteiger partial charge in [0.2, 0.25) is 0 Å². The van der Waals surface area contributed by atoms with Crippen molar-refractivity contribution in [3.63, 3.8) is 0 Å². The molecule has 55 heavy (non-hydrogen) atoms. The highest BCUT2D eigenvalue weighted by atomic mass is 19.2. The van der Waals surface area contributed by atoms with E-state index in [1.807, 2.05) is 47.4 Å². The average Bonchev–Trinajstić information content (AvgIpc) is 3.39. The quantitative estimate of drug-likeness (QED) is 0.166. The van der Waals surface area contributed by atoms with Crippen molar-refractivity contribution in [3.8, 4) is 0 Å². The number of benzene rings is 3. The number of aliphatic hydroxyl groups is 2. The molecule has 292 valence electrons. The van der Waals surface area contributed by atoms with Crippen LogP contribution in [0.25, 0.3) is 0 Å². The Morgan fingerprint density at radius 2 is 1.58 bits per heavy atom. The molecule has 8 heteroatoms. The first kappa shape index (κ1) is 38.0. The van der Waals surface area contributed by atoms with Gasteiger partial charge in [0.15, 0.2) is 17.4 Å². The summed E-state index contributed by atoms with van der Waals surface area (Å²) in [5.41, 5.74) is 1.88. The Balaban J connectivity index is 1.18. The number of carbonyl (C=O) groups excluding carboxylic acids is 2. The first-order chi connectivity index (χ1) is 26.3. The molecule has 2 amide bonds. The maximum atomic E-state index is 14.5. The van der Waals surface area contributed by atoms with Crippen molar-refractivity contribution in [1.82, 2.24) is 4.90 Å². The van der Waals surface area contributed by atoms with Crippen molar-refractivity contribution < 1.29 is 28.6 Å². The number of hydrogen-bond donors (Lipinski definition) is 3. The smallest absolute Gasteiger partial charge is 0.321 e. The summed E-state index contributed by atoms with van der Waals surface area (Å²) in [4.78, 5) is 30.8. The lowest BCUT2D eigenvalue weighted by Gasteiger charge is -2.58. The summed E-state index contributed by atoms with van der Waals surface area (Å²) in [5.74, 6) is -0.652. The van der Waals surface area contributed by atoms with Gasteiger partial charge in [0.05, 0.1) is 18.2 Å². The molecule has 10 rings (SSSR count). The lowest BCUT2D eigenvalue weighted by molar-refractivity contribution is -0.0975. The third-order valence-corrected chi connectivity index (χ3v) is 14.6. The van der Waals surface area contributed by atoms with Gasteiger partial charge in [-0.05, 0) is 167 Å². The first-order valence-electron chi connectivity index (χ1n) is 20.6. The molecular weight excluding hydrogens is 695 g/mol. The van der Waals surface area contributed by atoms with Crippen molar-refractivity contribution in [2.24, 2.45) is 28.6 Å². The Hall–Kier alpha value is -3.88. The predicted molar refractivity (Wildman–Crippen MR) is 211 cm³/mol. The number of aliphatic hydroxyl groups excluding tert-OH is 1. The van der Waals surface area contributed by atoms with Gasteiger partial charge in [0.25, 0.3) is 0 Å². The maximum absolute atomic E-state index is 14.5. The second-order valence-electron chi connectivity index (χ2n) is 18.5. The van der Waals surface area contributed by atoms with E-state index in [4.69, 9.17) is 0 Å². The second-order valence-corrected chi connectivity index (χ2v) is 18.5. The highest BCUT2D eigenvalue weighted by molar-refractivity contribution is 6.10. The minimum atomic E-state index is -1.29. The summed E-state index contributed by atoms with van der Waals surface area (Å²) in [5, 5.41) is 27.4. The summed E-state index contributed by atoms with van der Waals surface area (Å²) < 4.78 is 28.5. The van der Waals surface area contributed by atoms with Gasteiger partial charge in [-0.1, -0.05) is 48.9 Å². The highest BCUT2D eigenvalue weighted by Gasteiger charge is 2.59. The molecule has 7 aliphatic carbocycles. The summed E-state index contributed by atoms with van der Waals surface area (Å²) in [6, 6.07) is 18.3. The van der Waals surface area contributed by atoms with Crippen LogP contribution in [0.5, 0.6) is 0 Å². The van der Waals surface area contributed by atoms with Crippen molar-refractivity contribution in [2.45, 2.75) is 115 Å². The zero-order chi connectivity index (χ0) is 38.5. The normalized spacial score (nSPS) is 32.8. The van der Waals surface area contributed by atoms with E-state index in [2.05, 4.69) is 25.2 Å². The number of para-hydroxylation sites is 1. The SMILES string of the molecule is CC1=CCC[C@@]2(C)[C@@H](CC[C@@]2(O)CN(CC23CC4CC(CC(C4)C2)C3)C(=O)Nc2ccccc2)c2ccc(cc2C(=O)c2ccc(F)c(F)c2)C[C@@H](O)CC1. The number of allylic oxidation sites excluding steroid dienone is 2. The molecule has 5 fully saturated rings. The standard InChI is InChI=1S/C47H56F2N2O4/c1-30-7-6-17-45(2)40(38-14-11-31(22-37(52)13-10-30)23-39(38)43(53)35-12-15-41(48)42(49)24-35)16-18-47(45,55)29-51(44(54)50-36-8-4-3-5-9-36)28-46-25-32-19-33(26-46)21-34(20-32)27-46/h3-5,7-9,11-12,14-15,23-24,32-34,37,40,52,55H,6,10,13,16-22,25-29H2,1-2H3,(H,50,54)/t32?,33?,34?,37-,40-,45-,46?,47+/m0/s1. The van der Waals surface area contributed by atoms with Crippen LogP contribution in [0.3, 0.4) is 0 Å². The molecule has 3 aromatic carbocycles. The summed E-state index contributed by atoms with van der Waals surface area (Å²) in [6.07, 6.45) is 12.9. The molecule has 7 aliphatic rings. The third-order valence-electron chi connectivity index (χ3n) is 14.6. The predicted octanol–water partition coefficient (Wildman–Crippen LogP) is 9.98. The molecule has 0 heterocycles. The van der Waals surface area contributed by atoms with Gasteiger partial charge in [0, 0.05) is 28.8 Å². The van der Waals surface area contributed by atoms with Crippen molar-refractivity contribution in [2.75, 3.05) is 18.4 Å². The number of urea groups is 1. The molecule has 6 bridgehead atoms. The number of rotatable bonds is 7. The molecule has 0 unspecified atom stereocenters. The van der Waals surface area contributed by atoms with Crippen LogP contribution in [0.4, 0.5) is 19.3 Å². The molecule has 3 aromatic rings. The van der Waals surface area contributed by atoms with Crippen LogP contribution in [0, 0.1) is 40.2 Å². The van der Waals surface area contributed by atoms with E-state index >= 15 is 0 Å². The number of nitrogens with zero attached hydrogens (tertiary/aromatic N) is 1. The fourth-order valence-electron chi connectivity index (χ4n) is 12.1. The van der Waals surface area contributed by atoms with Crippen LogP contribution in [-0.4, -0.2) is 51.7 Å². The summed E-state index contributed by atoms with van der Waals surface area (Å²) >= 11 is 0. The van der Waals surface area contributed by atoms with E-state index in [9.17, 15) is 28.6 Å². The number of anilines is 1. The summed E-state index contributed by atoms with van der Waals surface area (Å²) in [6.45, 7) is 4.99.